The van der Waals surface area contributed by atoms with E-state index in [1.807, 2.05) is 19.2 Å². The van der Waals surface area contributed by atoms with E-state index in [0.717, 1.165) is 18.5 Å². The molecule has 0 atom stereocenters. The van der Waals surface area contributed by atoms with Gasteiger partial charge in [-0.3, -0.25) is 4.99 Å². The minimum Gasteiger partial charge on any atom is -0.261 e. The minimum atomic E-state index is 0.897. The van der Waals surface area contributed by atoms with Crippen molar-refractivity contribution in [1.82, 2.24) is 0 Å². The predicted molar refractivity (Wildman–Crippen MR) is 76.6 cm³/mol. The van der Waals surface area contributed by atoms with E-state index in [4.69, 9.17) is 0 Å². The van der Waals surface area contributed by atoms with Crippen LogP contribution in [0.5, 0.6) is 0 Å². The Morgan fingerprint density at radius 2 is 2.18 bits per heavy atom. The summed E-state index contributed by atoms with van der Waals surface area (Å²) >= 11 is 0. The van der Waals surface area contributed by atoms with Crippen molar-refractivity contribution in [2.24, 2.45) is 4.99 Å². The van der Waals surface area contributed by atoms with Crippen LogP contribution in [0.25, 0.3) is 0 Å². The highest BCUT2D eigenvalue weighted by molar-refractivity contribution is 5.72. The fourth-order valence-electron chi connectivity index (χ4n) is 1.59. The lowest BCUT2D eigenvalue weighted by Crippen LogP contribution is -1.89. The van der Waals surface area contributed by atoms with Crippen molar-refractivity contribution < 1.29 is 0 Å². The quantitative estimate of drug-likeness (QED) is 0.658. The Bertz CT molecular complexity index is 425. The predicted octanol–water partition coefficient (Wildman–Crippen LogP) is 4.48. The normalized spacial score (nSPS) is 12.8. The number of allylic oxidation sites excluding steroid dienone is 4. The van der Waals surface area contributed by atoms with E-state index in [9.17, 15) is 0 Å². The molecule has 0 radical (unpaired) electrons. The lowest BCUT2D eigenvalue weighted by Gasteiger charge is -2.02. The molecular formula is C16H21N. The summed E-state index contributed by atoms with van der Waals surface area (Å²) in [5, 5.41) is 0. The van der Waals surface area contributed by atoms with Crippen LogP contribution < -0.4 is 0 Å². The average Bonchev–Trinajstić information content (AvgIpc) is 2.33. The fourth-order valence-corrected chi connectivity index (χ4v) is 1.59. The Morgan fingerprint density at radius 3 is 2.82 bits per heavy atom. The zero-order chi connectivity index (χ0) is 12.5. The van der Waals surface area contributed by atoms with E-state index >= 15 is 0 Å². The number of aryl methyl sites for hydroxylation is 1. The van der Waals surface area contributed by atoms with Crippen LogP contribution in [-0.2, 0) is 6.42 Å². The van der Waals surface area contributed by atoms with Crippen molar-refractivity contribution in [2.75, 3.05) is 0 Å². The van der Waals surface area contributed by atoms with Crippen molar-refractivity contribution in [3.8, 4) is 0 Å². The lowest BCUT2D eigenvalue weighted by molar-refractivity contribution is 1.10. The summed E-state index contributed by atoms with van der Waals surface area (Å²) in [5.41, 5.74) is 3.72. The molecule has 0 N–H and O–H groups in total. The molecule has 0 spiro atoms. The maximum atomic E-state index is 4.45. The second-order valence-corrected chi connectivity index (χ2v) is 4.06. The van der Waals surface area contributed by atoms with E-state index < -0.39 is 0 Å². The van der Waals surface area contributed by atoms with Crippen LogP contribution in [0, 0.1) is 6.92 Å². The highest BCUT2D eigenvalue weighted by Gasteiger charge is 1.96. The van der Waals surface area contributed by atoms with Crippen LogP contribution >= 0.6 is 0 Å². The van der Waals surface area contributed by atoms with Crippen molar-refractivity contribution >= 4 is 6.21 Å². The first-order valence-corrected chi connectivity index (χ1v) is 6.16. The SMILES string of the molecule is C\C=C(Cc1cccc(C)c1)/N=C/C=C/CC. The van der Waals surface area contributed by atoms with Gasteiger partial charge in [-0.1, -0.05) is 48.9 Å². The molecule has 0 aliphatic heterocycles. The molecule has 0 saturated carbocycles. The summed E-state index contributed by atoms with van der Waals surface area (Å²) in [6.07, 6.45) is 9.99. The first-order valence-electron chi connectivity index (χ1n) is 6.16. The van der Waals surface area contributed by atoms with Crippen molar-refractivity contribution in [2.45, 2.75) is 33.6 Å². The number of rotatable bonds is 5. The molecule has 0 unspecified atom stereocenters. The van der Waals surface area contributed by atoms with E-state index in [0.29, 0.717) is 0 Å². The summed E-state index contributed by atoms with van der Waals surface area (Å²) in [6.45, 7) is 6.27. The van der Waals surface area contributed by atoms with Crippen LogP contribution in [0.2, 0.25) is 0 Å². The van der Waals surface area contributed by atoms with Gasteiger partial charge in [0.1, 0.15) is 0 Å². The molecule has 0 amide bonds. The van der Waals surface area contributed by atoms with Gasteiger partial charge in [0.2, 0.25) is 0 Å². The summed E-state index contributed by atoms with van der Waals surface area (Å²) in [4.78, 5) is 4.45. The van der Waals surface area contributed by atoms with Gasteiger partial charge in [-0.2, -0.15) is 0 Å². The smallest absolute Gasteiger partial charge is 0.0404 e. The molecule has 1 rings (SSSR count). The zero-order valence-corrected chi connectivity index (χ0v) is 11.0. The summed E-state index contributed by atoms with van der Waals surface area (Å²) in [5.74, 6) is 0. The molecule has 1 aromatic rings. The number of benzene rings is 1. The highest BCUT2D eigenvalue weighted by atomic mass is 14.7. The highest BCUT2D eigenvalue weighted by Crippen LogP contribution is 2.10. The first-order chi connectivity index (χ1) is 8.26. The molecule has 1 heteroatoms. The Balaban J connectivity index is 2.65. The van der Waals surface area contributed by atoms with E-state index in [1.54, 1.807) is 0 Å². The van der Waals surface area contributed by atoms with Gasteiger partial charge in [-0.05, 0) is 31.9 Å². The number of hydrogen-bond donors (Lipinski definition) is 0. The summed E-state index contributed by atoms with van der Waals surface area (Å²) < 4.78 is 0. The topological polar surface area (TPSA) is 12.4 Å². The van der Waals surface area contributed by atoms with Crippen LogP contribution in [0.3, 0.4) is 0 Å². The summed E-state index contributed by atoms with van der Waals surface area (Å²) in [6, 6.07) is 8.57. The van der Waals surface area contributed by atoms with Gasteiger partial charge in [0.25, 0.3) is 0 Å². The number of nitrogens with zero attached hydrogens (tertiary/aromatic N) is 1. The Kier molecular flexibility index (Phi) is 6.02. The standard InChI is InChI=1S/C16H21N/c1-4-6-7-11-17-16(5-2)13-15-10-8-9-14(3)12-15/h5-12H,4,13H2,1-3H3/b7-6+,16-5-,17-11+. The van der Waals surface area contributed by atoms with Crippen molar-refractivity contribution in [3.05, 3.63) is 59.3 Å². The average molecular weight is 227 g/mol. The van der Waals surface area contributed by atoms with E-state index in [1.165, 1.54) is 11.1 Å². The van der Waals surface area contributed by atoms with Crippen LogP contribution in [0.1, 0.15) is 31.4 Å². The molecule has 1 nitrogen and oxygen atoms in total. The van der Waals surface area contributed by atoms with Gasteiger partial charge in [0.15, 0.2) is 0 Å². The molecule has 1 aromatic carbocycles. The van der Waals surface area contributed by atoms with Gasteiger partial charge >= 0.3 is 0 Å². The largest absolute Gasteiger partial charge is 0.261 e. The molecule has 0 aromatic heterocycles. The fraction of sp³-hybridized carbons (Fsp3) is 0.312. The van der Waals surface area contributed by atoms with Gasteiger partial charge in [-0.25, -0.2) is 0 Å². The molecular weight excluding hydrogens is 206 g/mol. The van der Waals surface area contributed by atoms with Gasteiger partial charge in [0.05, 0.1) is 0 Å². The van der Waals surface area contributed by atoms with Gasteiger partial charge in [-0.15, -0.1) is 0 Å². The van der Waals surface area contributed by atoms with Crippen LogP contribution in [0.4, 0.5) is 0 Å². The zero-order valence-electron chi connectivity index (χ0n) is 11.0. The maximum absolute atomic E-state index is 4.45. The second-order valence-electron chi connectivity index (χ2n) is 4.06. The third-order valence-electron chi connectivity index (χ3n) is 2.50. The Morgan fingerprint density at radius 1 is 1.35 bits per heavy atom. The molecule has 0 saturated heterocycles. The summed E-state index contributed by atoms with van der Waals surface area (Å²) in [7, 11) is 0. The van der Waals surface area contributed by atoms with Gasteiger partial charge < -0.3 is 0 Å². The van der Waals surface area contributed by atoms with Crippen molar-refractivity contribution in [1.29, 1.82) is 0 Å². The molecule has 17 heavy (non-hydrogen) atoms. The van der Waals surface area contributed by atoms with Crippen LogP contribution in [0.15, 0.2) is 53.2 Å². The third kappa shape index (κ3) is 5.30. The van der Waals surface area contributed by atoms with E-state index in [2.05, 4.69) is 55.3 Å². The second kappa shape index (κ2) is 7.61. The molecule has 0 bridgehead atoms. The molecule has 0 fully saturated rings. The molecule has 0 aliphatic carbocycles. The first kappa shape index (κ1) is 13.4. The van der Waals surface area contributed by atoms with E-state index in [-0.39, 0.29) is 0 Å². The lowest BCUT2D eigenvalue weighted by atomic mass is 10.1. The Hall–Kier alpha value is -1.63. The Labute approximate surface area is 105 Å². The number of aliphatic imine (C=N–C) groups is 1. The van der Waals surface area contributed by atoms with Crippen molar-refractivity contribution in [3.63, 3.8) is 0 Å². The van der Waals surface area contributed by atoms with Gasteiger partial charge in [0, 0.05) is 18.3 Å². The third-order valence-corrected chi connectivity index (χ3v) is 2.50. The monoisotopic (exact) mass is 227 g/mol. The van der Waals surface area contributed by atoms with Crippen LogP contribution in [-0.4, -0.2) is 6.21 Å². The minimum absolute atomic E-state index is 0.897. The molecule has 0 aliphatic rings. The molecule has 0 heterocycles. The maximum Gasteiger partial charge on any atom is 0.0404 e. The molecule has 90 valence electrons. The number of hydrogen-bond acceptors (Lipinski definition) is 1.